The van der Waals surface area contributed by atoms with Gasteiger partial charge in [0.05, 0.1) is 28.2 Å². The highest BCUT2D eigenvalue weighted by Gasteiger charge is 2.30. The first kappa shape index (κ1) is 24.9. The summed E-state index contributed by atoms with van der Waals surface area (Å²) in [5, 5.41) is 15.6. The molecule has 1 aliphatic rings. The number of carbonyl (C=O) groups excluding carboxylic acids is 2. The molecule has 1 saturated carbocycles. The van der Waals surface area contributed by atoms with Gasteiger partial charge >= 0.3 is 0 Å². The maximum atomic E-state index is 13.5. The van der Waals surface area contributed by atoms with Crippen molar-refractivity contribution in [3.63, 3.8) is 0 Å². The Bertz CT molecular complexity index is 1690. The summed E-state index contributed by atoms with van der Waals surface area (Å²) in [5.74, 6) is -0.341. The van der Waals surface area contributed by atoms with Gasteiger partial charge in [-0.2, -0.15) is 5.26 Å². The van der Waals surface area contributed by atoms with Gasteiger partial charge in [0, 0.05) is 17.2 Å². The average Bonchev–Trinajstić information content (AvgIpc) is 3.76. The van der Waals surface area contributed by atoms with Gasteiger partial charge in [0.2, 0.25) is 5.91 Å². The summed E-state index contributed by atoms with van der Waals surface area (Å²) in [5.41, 5.74) is 3.04. The summed E-state index contributed by atoms with van der Waals surface area (Å²) >= 11 is 0. The van der Waals surface area contributed by atoms with Gasteiger partial charge in [-0.05, 0) is 81.1 Å². The summed E-state index contributed by atoms with van der Waals surface area (Å²) in [6.07, 6.45) is 3.21. The molecule has 0 radical (unpaired) electrons. The fourth-order valence-electron chi connectivity index (χ4n) is 4.27. The van der Waals surface area contributed by atoms with Crippen LogP contribution in [0.25, 0.3) is 16.6 Å². The molecule has 1 aliphatic carbocycles. The van der Waals surface area contributed by atoms with Gasteiger partial charge in [0.15, 0.2) is 0 Å². The van der Waals surface area contributed by atoms with Gasteiger partial charge in [-0.15, -0.1) is 0 Å². The number of aryl methyl sites for hydroxylation is 1. The van der Waals surface area contributed by atoms with E-state index in [0.29, 0.717) is 33.5 Å². The van der Waals surface area contributed by atoms with E-state index in [0.717, 1.165) is 24.0 Å². The molecular weight excluding hydrogens is 478 g/mol. The Hall–Kier alpha value is -4.77. The largest absolute Gasteiger partial charge is 0.324 e. The van der Waals surface area contributed by atoms with E-state index in [1.165, 1.54) is 10.9 Å². The van der Waals surface area contributed by atoms with Crippen molar-refractivity contribution in [1.82, 2.24) is 9.55 Å². The Morgan fingerprint density at radius 3 is 2.55 bits per heavy atom. The van der Waals surface area contributed by atoms with Crippen molar-refractivity contribution in [3.05, 3.63) is 94.0 Å². The molecule has 0 spiro atoms. The third-order valence-corrected chi connectivity index (χ3v) is 6.85. The number of benzene rings is 3. The highest BCUT2D eigenvalue weighted by Crippen LogP contribution is 2.31. The van der Waals surface area contributed by atoms with E-state index < -0.39 is 5.41 Å². The zero-order valence-corrected chi connectivity index (χ0v) is 21.4. The summed E-state index contributed by atoms with van der Waals surface area (Å²) in [6, 6.07) is 19.7. The minimum absolute atomic E-state index is 0.0338. The quantitative estimate of drug-likeness (QED) is 0.378. The number of anilines is 2. The van der Waals surface area contributed by atoms with Gasteiger partial charge in [-0.1, -0.05) is 24.3 Å². The number of nitrogens with zero attached hydrogens (tertiary/aromatic N) is 3. The first-order chi connectivity index (χ1) is 18.2. The van der Waals surface area contributed by atoms with E-state index in [9.17, 15) is 19.6 Å². The van der Waals surface area contributed by atoms with Crippen LogP contribution < -0.4 is 16.2 Å². The summed E-state index contributed by atoms with van der Waals surface area (Å²) in [6.45, 7) is 5.47. The molecule has 190 valence electrons. The Morgan fingerprint density at radius 2 is 1.82 bits per heavy atom. The lowest BCUT2D eigenvalue weighted by molar-refractivity contribution is -0.117. The molecule has 3 aromatic carbocycles. The fraction of sp³-hybridized carbons (Fsp3) is 0.233. The van der Waals surface area contributed by atoms with Crippen LogP contribution in [0.3, 0.4) is 0 Å². The Kier molecular flexibility index (Phi) is 6.29. The van der Waals surface area contributed by atoms with Crippen LogP contribution in [0.1, 0.15) is 48.2 Å². The second kappa shape index (κ2) is 9.60. The molecule has 1 fully saturated rings. The lowest BCUT2D eigenvalue weighted by atomic mass is 9.85. The van der Waals surface area contributed by atoms with Crippen LogP contribution in [0.15, 0.2) is 71.8 Å². The maximum Gasteiger partial charge on any atom is 0.265 e. The number of hydrogen-bond acceptors (Lipinski definition) is 5. The van der Waals surface area contributed by atoms with Crippen LogP contribution in [0.4, 0.5) is 11.4 Å². The van der Waals surface area contributed by atoms with E-state index >= 15 is 0 Å². The third kappa shape index (κ3) is 4.78. The SMILES string of the molecule is Cc1ccc(NC(=O)c2cccc(C(C)(C)C#N)c2)cc1-n1cnc2c(NC(=O)C3CC3)cccc2c1=O. The molecule has 2 N–H and O–H groups in total. The van der Waals surface area contributed by atoms with E-state index in [1.54, 1.807) is 62.4 Å². The van der Waals surface area contributed by atoms with Crippen LogP contribution in [0, 0.1) is 24.2 Å². The van der Waals surface area contributed by atoms with Crippen molar-refractivity contribution in [2.75, 3.05) is 10.6 Å². The van der Waals surface area contributed by atoms with Crippen LogP contribution in [-0.2, 0) is 10.2 Å². The molecule has 0 atom stereocenters. The maximum absolute atomic E-state index is 13.5. The molecule has 38 heavy (non-hydrogen) atoms. The lowest BCUT2D eigenvalue weighted by Gasteiger charge is -2.17. The van der Waals surface area contributed by atoms with Crippen molar-refractivity contribution in [2.45, 2.75) is 39.0 Å². The van der Waals surface area contributed by atoms with Crippen LogP contribution in [0.5, 0.6) is 0 Å². The molecule has 8 heteroatoms. The van der Waals surface area contributed by atoms with Crippen molar-refractivity contribution in [1.29, 1.82) is 5.26 Å². The van der Waals surface area contributed by atoms with Crippen molar-refractivity contribution < 1.29 is 9.59 Å². The standard InChI is InChI=1S/C30H27N5O3/c1-18-10-13-22(33-28(37)20-6-4-7-21(14-20)30(2,3)16-31)15-25(18)35-17-32-26-23(29(35)38)8-5-9-24(26)34-27(36)19-11-12-19/h4-10,13-15,17,19H,11-12H2,1-3H3,(H,33,37)(H,34,36). The fourth-order valence-corrected chi connectivity index (χ4v) is 4.27. The van der Waals surface area contributed by atoms with E-state index in [2.05, 4.69) is 21.7 Å². The predicted octanol–water partition coefficient (Wildman–Crippen LogP) is 5.10. The minimum Gasteiger partial charge on any atom is -0.324 e. The van der Waals surface area contributed by atoms with E-state index in [-0.39, 0.29) is 23.3 Å². The van der Waals surface area contributed by atoms with Gasteiger partial charge in [-0.25, -0.2) is 4.98 Å². The number of amides is 2. The molecule has 1 aromatic heterocycles. The minimum atomic E-state index is -0.724. The Balaban J connectivity index is 1.46. The molecule has 0 aliphatic heterocycles. The number of nitriles is 1. The summed E-state index contributed by atoms with van der Waals surface area (Å²) in [4.78, 5) is 43.3. The number of fused-ring (bicyclic) bond motifs is 1. The van der Waals surface area contributed by atoms with E-state index in [1.807, 2.05) is 19.1 Å². The molecule has 2 amide bonds. The van der Waals surface area contributed by atoms with Crippen molar-refractivity contribution in [2.24, 2.45) is 5.92 Å². The normalized spacial score (nSPS) is 13.1. The molecule has 1 heterocycles. The van der Waals surface area contributed by atoms with Crippen molar-refractivity contribution in [3.8, 4) is 11.8 Å². The molecule has 0 unspecified atom stereocenters. The molecule has 4 aromatic rings. The zero-order valence-electron chi connectivity index (χ0n) is 21.4. The van der Waals surface area contributed by atoms with Crippen LogP contribution >= 0.6 is 0 Å². The molecule has 5 rings (SSSR count). The monoisotopic (exact) mass is 505 g/mol. The van der Waals surface area contributed by atoms with Crippen LogP contribution in [0.2, 0.25) is 0 Å². The number of para-hydroxylation sites is 1. The summed E-state index contributed by atoms with van der Waals surface area (Å²) in [7, 11) is 0. The smallest absolute Gasteiger partial charge is 0.265 e. The van der Waals surface area contributed by atoms with E-state index in [4.69, 9.17) is 0 Å². The van der Waals surface area contributed by atoms with Crippen molar-refractivity contribution >= 4 is 34.1 Å². The molecule has 0 saturated heterocycles. The number of rotatable bonds is 6. The number of aromatic nitrogens is 2. The van der Waals surface area contributed by atoms with Crippen LogP contribution in [-0.4, -0.2) is 21.4 Å². The van der Waals surface area contributed by atoms with Gasteiger partial charge in [-0.3, -0.25) is 19.0 Å². The highest BCUT2D eigenvalue weighted by molar-refractivity contribution is 6.04. The van der Waals surface area contributed by atoms with Gasteiger partial charge in [0.1, 0.15) is 11.8 Å². The average molecular weight is 506 g/mol. The predicted molar refractivity (Wildman–Crippen MR) is 146 cm³/mol. The second-order valence-corrected chi connectivity index (χ2v) is 10.2. The Morgan fingerprint density at radius 1 is 1.05 bits per heavy atom. The zero-order chi connectivity index (χ0) is 27.0. The number of nitrogens with one attached hydrogen (secondary N) is 2. The molecule has 0 bridgehead atoms. The van der Waals surface area contributed by atoms with Gasteiger partial charge in [0.25, 0.3) is 11.5 Å². The second-order valence-electron chi connectivity index (χ2n) is 10.2. The third-order valence-electron chi connectivity index (χ3n) is 6.85. The Labute approximate surface area is 219 Å². The number of hydrogen-bond donors (Lipinski definition) is 2. The first-order valence-corrected chi connectivity index (χ1v) is 12.4. The first-order valence-electron chi connectivity index (χ1n) is 12.4. The highest BCUT2D eigenvalue weighted by atomic mass is 16.2. The number of carbonyl (C=O) groups is 2. The van der Waals surface area contributed by atoms with Gasteiger partial charge < -0.3 is 10.6 Å². The molecule has 8 nitrogen and oxygen atoms in total. The molecular formula is C30H27N5O3. The lowest BCUT2D eigenvalue weighted by Crippen LogP contribution is -2.21. The topological polar surface area (TPSA) is 117 Å². The summed E-state index contributed by atoms with van der Waals surface area (Å²) < 4.78 is 1.44.